The van der Waals surface area contributed by atoms with E-state index in [9.17, 15) is 20.2 Å². The Labute approximate surface area is 103 Å². The highest BCUT2D eigenvalue weighted by Crippen LogP contribution is 2.40. The van der Waals surface area contributed by atoms with Crippen LogP contribution < -0.4 is 0 Å². The summed E-state index contributed by atoms with van der Waals surface area (Å²) in [5, 5.41) is 31.4. The molecule has 2 atom stereocenters. The molecule has 2 bridgehead atoms. The van der Waals surface area contributed by atoms with E-state index in [1.807, 2.05) is 0 Å². The van der Waals surface area contributed by atoms with Crippen LogP contribution in [0, 0.1) is 20.2 Å². The topological polar surface area (TPSA) is 110 Å². The predicted octanol–water partition coefficient (Wildman–Crippen LogP) is -0.325. The van der Waals surface area contributed by atoms with Crippen molar-refractivity contribution in [1.29, 1.82) is 0 Å². The lowest BCUT2D eigenvalue weighted by atomic mass is 9.72. The zero-order valence-corrected chi connectivity index (χ0v) is 9.82. The second-order valence-electron chi connectivity index (χ2n) is 5.06. The molecule has 2 rings (SSSR count). The fourth-order valence-electron chi connectivity index (χ4n) is 2.97. The van der Waals surface area contributed by atoms with Crippen molar-refractivity contribution in [2.24, 2.45) is 0 Å². The van der Waals surface area contributed by atoms with E-state index in [4.69, 9.17) is 5.11 Å². The van der Waals surface area contributed by atoms with Crippen molar-refractivity contribution in [2.75, 3.05) is 26.2 Å². The minimum absolute atomic E-state index is 0.0710. The van der Waals surface area contributed by atoms with Crippen LogP contribution >= 0.6 is 0 Å². The van der Waals surface area contributed by atoms with Crippen LogP contribution in [0.5, 0.6) is 0 Å². The Kier molecular flexibility index (Phi) is 3.07. The lowest BCUT2D eigenvalue weighted by molar-refractivity contribution is -0.619. The number of likely N-dealkylation sites (tertiary alicyclic amines) is 1. The molecule has 0 radical (unpaired) electrons. The molecule has 0 aromatic carbocycles. The summed E-state index contributed by atoms with van der Waals surface area (Å²) in [5.41, 5.74) is -2.69. The SMILES string of the molecule is O=[N+]([O-])C12C=CCC([N+](=O)[O-])(CN(CCO)C1)C2. The summed E-state index contributed by atoms with van der Waals surface area (Å²) in [6.45, 7) is 0.331. The maximum Gasteiger partial charge on any atom is 0.259 e. The van der Waals surface area contributed by atoms with Gasteiger partial charge in [0.15, 0.2) is 0 Å². The second kappa shape index (κ2) is 4.29. The molecule has 0 saturated carbocycles. The van der Waals surface area contributed by atoms with E-state index in [1.165, 1.54) is 6.08 Å². The van der Waals surface area contributed by atoms with E-state index in [2.05, 4.69) is 0 Å². The van der Waals surface area contributed by atoms with Crippen molar-refractivity contribution in [3.05, 3.63) is 32.4 Å². The van der Waals surface area contributed by atoms with Crippen molar-refractivity contribution in [3.8, 4) is 0 Å². The van der Waals surface area contributed by atoms with Crippen LogP contribution in [0.4, 0.5) is 0 Å². The summed E-state index contributed by atoms with van der Waals surface area (Å²) in [5.74, 6) is 0. The maximum atomic E-state index is 11.3. The third-order valence-corrected chi connectivity index (χ3v) is 3.74. The first-order valence-electron chi connectivity index (χ1n) is 5.74. The van der Waals surface area contributed by atoms with Crippen LogP contribution in [0.25, 0.3) is 0 Å². The summed E-state index contributed by atoms with van der Waals surface area (Å²) < 4.78 is 0. The van der Waals surface area contributed by atoms with Gasteiger partial charge < -0.3 is 5.11 Å². The van der Waals surface area contributed by atoms with E-state index in [0.717, 1.165) is 0 Å². The van der Waals surface area contributed by atoms with Crippen molar-refractivity contribution in [3.63, 3.8) is 0 Å². The molecule has 1 saturated heterocycles. The molecule has 18 heavy (non-hydrogen) atoms. The van der Waals surface area contributed by atoms with Gasteiger partial charge >= 0.3 is 0 Å². The van der Waals surface area contributed by atoms with Gasteiger partial charge in [-0.2, -0.15) is 0 Å². The highest BCUT2D eigenvalue weighted by molar-refractivity contribution is 5.17. The van der Waals surface area contributed by atoms with Gasteiger partial charge in [-0.15, -0.1) is 0 Å². The van der Waals surface area contributed by atoms with E-state index >= 15 is 0 Å². The first-order chi connectivity index (χ1) is 8.44. The van der Waals surface area contributed by atoms with E-state index in [-0.39, 0.29) is 39.1 Å². The van der Waals surface area contributed by atoms with Crippen LogP contribution in [-0.4, -0.2) is 57.2 Å². The van der Waals surface area contributed by atoms with Gasteiger partial charge in [0.05, 0.1) is 26.1 Å². The molecule has 1 heterocycles. The highest BCUT2D eigenvalue weighted by Gasteiger charge is 2.62. The lowest BCUT2D eigenvalue weighted by Gasteiger charge is -2.43. The third kappa shape index (κ3) is 1.87. The molecule has 2 unspecified atom stereocenters. The normalized spacial score (nSPS) is 35.4. The Bertz CT molecular complexity index is 412. The molecule has 100 valence electrons. The number of nitrogens with zero attached hydrogens (tertiary/aromatic N) is 3. The number of aliphatic hydroxyl groups is 1. The molecule has 8 nitrogen and oxygen atoms in total. The predicted molar refractivity (Wildman–Crippen MR) is 61.4 cm³/mol. The standard InChI is InChI=1S/C10H15N3O5/c14-5-4-11-7-9(12(15)16)2-1-3-10(6-9,8-11)13(17)18/h1-2,14H,3-8H2. The Morgan fingerprint density at radius 1 is 1.28 bits per heavy atom. The third-order valence-electron chi connectivity index (χ3n) is 3.74. The first-order valence-corrected chi connectivity index (χ1v) is 5.74. The van der Waals surface area contributed by atoms with Crippen molar-refractivity contribution >= 4 is 0 Å². The van der Waals surface area contributed by atoms with Gasteiger partial charge in [0.1, 0.15) is 0 Å². The average Bonchev–Trinajstić information content (AvgIpc) is 2.28. The Balaban J connectivity index is 2.38. The molecule has 8 heteroatoms. The van der Waals surface area contributed by atoms with Crippen molar-refractivity contribution < 1.29 is 15.0 Å². The number of aliphatic hydroxyl groups excluding tert-OH is 1. The largest absolute Gasteiger partial charge is 0.395 e. The molecule has 0 aromatic heterocycles. The monoisotopic (exact) mass is 257 g/mol. The quantitative estimate of drug-likeness (QED) is 0.419. The van der Waals surface area contributed by atoms with Gasteiger partial charge in [0.2, 0.25) is 5.54 Å². The average molecular weight is 257 g/mol. The smallest absolute Gasteiger partial charge is 0.259 e. The molecule has 1 aliphatic carbocycles. The number of fused-ring (bicyclic) bond motifs is 2. The molecule has 0 spiro atoms. The maximum absolute atomic E-state index is 11.3. The van der Waals surface area contributed by atoms with Crippen LogP contribution in [0.3, 0.4) is 0 Å². The number of nitro groups is 2. The van der Waals surface area contributed by atoms with Crippen molar-refractivity contribution in [1.82, 2.24) is 4.90 Å². The van der Waals surface area contributed by atoms with Crippen LogP contribution in [0.2, 0.25) is 0 Å². The summed E-state index contributed by atoms with van der Waals surface area (Å²) >= 11 is 0. The number of piperidine rings is 1. The second-order valence-corrected chi connectivity index (χ2v) is 5.06. The summed E-state index contributed by atoms with van der Waals surface area (Å²) in [6.07, 6.45) is 3.15. The Morgan fingerprint density at radius 3 is 2.56 bits per heavy atom. The van der Waals surface area contributed by atoms with E-state index in [1.54, 1.807) is 11.0 Å². The van der Waals surface area contributed by atoms with Gasteiger partial charge in [-0.25, -0.2) is 0 Å². The van der Waals surface area contributed by atoms with E-state index in [0.29, 0.717) is 0 Å². The van der Waals surface area contributed by atoms with Gasteiger partial charge in [-0.1, -0.05) is 6.08 Å². The van der Waals surface area contributed by atoms with Crippen LogP contribution in [0.1, 0.15) is 12.8 Å². The Hall–Kier alpha value is -1.54. The number of β-amino-alcohol motifs (C(OH)–C–C–N with tert-alkyl or cyclic N) is 1. The first kappa shape index (κ1) is 12.9. The minimum Gasteiger partial charge on any atom is -0.395 e. The summed E-state index contributed by atoms with van der Waals surface area (Å²) in [7, 11) is 0. The van der Waals surface area contributed by atoms with Gasteiger partial charge in [0, 0.05) is 22.8 Å². The highest BCUT2D eigenvalue weighted by atomic mass is 16.6. The van der Waals surface area contributed by atoms with Crippen LogP contribution in [-0.2, 0) is 0 Å². The van der Waals surface area contributed by atoms with Gasteiger partial charge in [-0.05, 0) is 6.08 Å². The molecule has 0 amide bonds. The molecule has 2 aliphatic rings. The minimum atomic E-state index is -1.39. The van der Waals surface area contributed by atoms with Gasteiger partial charge in [0.25, 0.3) is 5.54 Å². The van der Waals surface area contributed by atoms with Gasteiger partial charge in [-0.3, -0.25) is 25.1 Å². The summed E-state index contributed by atoms with van der Waals surface area (Å²) in [4.78, 5) is 23.3. The zero-order valence-electron chi connectivity index (χ0n) is 9.82. The molecular formula is C10H15N3O5. The fraction of sp³-hybridized carbons (Fsp3) is 0.800. The Morgan fingerprint density at radius 2 is 2.00 bits per heavy atom. The zero-order chi connectivity index (χ0) is 13.4. The van der Waals surface area contributed by atoms with Crippen molar-refractivity contribution in [2.45, 2.75) is 23.9 Å². The number of hydrogen-bond acceptors (Lipinski definition) is 6. The van der Waals surface area contributed by atoms with Crippen LogP contribution in [0.15, 0.2) is 12.2 Å². The molecule has 1 N–H and O–H groups in total. The lowest BCUT2D eigenvalue weighted by Crippen LogP contribution is -2.66. The molecule has 1 fully saturated rings. The molecule has 1 aliphatic heterocycles. The molecular weight excluding hydrogens is 242 g/mol. The summed E-state index contributed by atoms with van der Waals surface area (Å²) in [6, 6.07) is 0. The van der Waals surface area contributed by atoms with E-state index < -0.39 is 20.9 Å². The molecule has 0 aromatic rings. The number of hydrogen-bond donors (Lipinski definition) is 1. The fourth-order valence-corrected chi connectivity index (χ4v) is 2.97. The number of rotatable bonds is 4.